The first-order chi connectivity index (χ1) is 11.4. The largest absolute Gasteiger partial charge is 0.252 e. The number of aryl methyl sites for hydroxylation is 1. The molecule has 0 aliphatic heterocycles. The van der Waals surface area contributed by atoms with Crippen molar-refractivity contribution in [1.29, 1.82) is 0 Å². The van der Waals surface area contributed by atoms with E-state index < -0.39 is 0 Å². The lowest BCUT2D eigenvalue weighted by Gasteiger charge is -2.03. The molecule has 0 amide bonds. The van der Waals surface area contributed by atoms with Gasteiger partial charge in [0.2, 0.25) is 18.1 Å². The normalized spacial score (nSPS) is 10.7. The molecule has 0 unspecified atom stereocenters. The van der Waals surface area contributed by atoms with Crippen LogP contribution in [0.1, 0.15) is 63.9 Å². The summed E-state index contributed by atoms with van der Waals surface area (Å²) in [5, 5.41) is 0. The molecule has 0 atom stereocenters. The smallest absolute Gasteiger partial charge is 0.241 e. The monoisotopic (exact) mass is 313 g/mol. The molecule has 1 aromatic carbocycles. The Morgan fingerprint density at radius 3 is 2.09 bits per heavy atom. The van der Waals surface area contributed by atoms with Gasteiger partial charge in [-0.3, -0.25) is 4.98 Å². The summed E-state index contributed by atoms with van der Waals surface area (Å²) in [5.41, 5.74) is 1.39. The summed E-state index contributed by atoms with van der Waals surface area (Å²) in [6, 6.07) is 8.40. The van der Waals surface area contributed by atoms with Gasteiger partial charge in [-0.1, -0.05) is 64.0 Å². The zero-order chi connectivity index (χ0) is 16.2. The fraction of sp³-hybridized carbons (Fsp3) is 0.500. The van der Waals surface area contributed by atoms with E-state index in [1.54, 1.807) is 29.5 Å². The molecule has 2 rings (SSSR count). The first-order valence-electron chi connectivity index (χ1n) is 8.97. The van der Waals surface area contributed by atoms with Crippen LogP contribution in [0.25, 0.3) is 0 Å². The molecule has 0 N–H and O–H groups in total. The molecule has 0 saturated heterocycles. The van der Waals surface area contributed by atoms with Crippen molar-refractivity contribution < 1.29 is 9.57 Å². The predicted molar refractivity (Wildman–Crippen MR) is 93.2 cm³/mol. The Labute approximate surface area is 140 Å². The van der Waals surface area contributed by atoms with E-state index in [9.17, 15) is 0 Å². The third-order valence-corrected chi connectivity index (χ3v) is 4.05. The molecule has 3 heteroatoms. The number of benzene rings is 1. The Morgan fingerprint density at radius 2 is 1.43 bits per heavy atom. The Kier molecular flexibility index (Phi) is 8.17. The number of unbranched alkanes of at least 4 members (excludes halogenated alkanes) is 7. The molecule has 0 radical (unpaired) electrons. The molecule has 0 saturated carbocycles. The van der Waals surface area contributed by atoms with E-state index in [0.717, 1.165) is 12.2 Å². The van der Waals surface area contributed by atoms with E-state index in [-0.39, 0.29) is 0 Å². The Hall–Kier alpha value is -1.90. The summed E-state index contributed by atoms with van der Waals surface area (Å²) in [6.45, 7) is 2.27. The molecular weight excluding hydrogens is 284 g/mol. The van der Waals surface area contributed by atoms with Crippen LogP contribution >= 0.6 is 0 Å². The third kappa shape index (κ3) is 7.27. The summed E-state index contributed by atoms with van der Waals surface area (Å²) in [4.78, 5) is 9.67. The molecule has 0 aliphatic rings. The molecule has 0 bridgehead atoms. The van der Waals surface area contributed by atoms with Gasteiger partial charge in [-0.15, -0.1) is 0 Å². The van der Waals surface area contributed by atoms with Crippen LogP contribution in [0.5, 0.6) is 5.75 Å². The van der Waals surface area contributed by atoms with Crippen LogP contribution in [0.15, 0.2) is 49.1 Å². The predicted octanol–water partition coefficient (Wildman–Crippen LogP) is 4.89. The van der Waals surface area contributed by atoms with E-state index in [4.69, 9.17) is 4.84 Å². The second-order valence-corrected chi connectivity index (χ2v) is 6.07. The Morgan fingerprint density at radius 1 is 0.826 bits per heavy atom. The van der Waals surface area contributed by atoms with Crippen molar-refractivity contribution >= 4 is 0 Å². The zero-order valence-corrected chi connectivity index (χ0v) is 14.3. The van der Waals surface area contributed by atoms with Crippen molar-refractivity contribution in [1.82, 2.24) is 4.98 Å². The van der Waals surface area contributed by atoms with Crippen LogP contribution in [0.2, 0.25) is 0 Å². The lowest BCUT2D eigenvalue weighted by atomic mass is 10.0. The van der Waals surface area contributed by atoms with Gasteiger partial charge in [-0.05, 0) is 30.5 Å². The van der Waals surface area contributed by atoms with Crippen molar-refractivity contribution in [2.75, 3.05) is 0 Å². The van der Waals surface area contributed by atoms with Gasteiger partial charge < -0.3 is 0 Å². The van der Waals surface area contributed by atoms with Crippen LogP contribution in [-0.4, -0.2) is 4.98 Å². The third-order valence-electron chi connectivity index (χ3n) is 4.05. The van der Waals surface area contributed by atoms with Gasteiger partial charge in [0, 0.05) is 4.73 Å². The average molecular weight is 313 g/mol. The highest BCUT2D eigenvalue weighted by Crippen LogP contribution is 2.14. The Balaban J connectivity index is 1.61. The van der Waals surface area contributed by atoms with Gasteiger partial charge in [0.25, 0.3) is 0 Å². The second kappa shape index (κ2) is 10.8. The molecule has 0 spiro atoms. The van der Waals surface area contributed by atoms with Gasteiger partial charge in [-0.25, -0.2) is 4.84 Å². The van der Waals surface area contributed by atoms with Crippen LogP contribution in [-0.2, 0) is 6.42 Å². The van der Waals surface area contributed by atoms with Gasteiger partial charge >= 0.3 is 0 Å². The molecular formula is C20H29N2O+. The lowest BCUT2D eigenvalue weighted by molar-refractivity contribution is -0.875. The summed E-state index contributed by atoms with van der Waals surface area (Å²) in [7, 11) is 0. The van der Waals surface area contributed by atoms with Crippen LogP contribution in [0.3, 0.4) is 0 Å². The van der Waals surface area contributed by atoms with Crippen LogP contribution < -0.4 is 9.57 Å². The number of hydrogen-bond acceptors (Lipinski definition) is 2. The molecule has 124 valence electrons. The number of rotatable bonds is 11. The molecule has 3 nitrogen and oxygen atoms in total. The van der Waals surface area contributed by atoms with E-state index in [2.05, 4.69) is 24.0 Å². The van der Waals surface area contributed by atoms with Crippen molar-refractivity contribution in [2.24, 2.45) is 0 Å². The highest BCUT2D eigenvalue weighted by molar-refractivity contribution is 5.26. The SMILES string of the molecule is CCCCCCCCCCc1ccc(O[n+]2ccncc2)cc1. The lowest BCUT2D eigenvalue weighted by Crippen LogP contribution is -2.38. The number of aromatic nitrogens is 2. The van der Waals surface area contributed by atoms with Crippen molar-refractivity contribution in [2.45, 2.75) is 64.7 Å². The van der Waals surface area contributed by atoms with Crippen molar-refractivity contribution in [3.05, 3.63) is 54.6 Å². The molecule has 23 heavy (non-hydrogen) atoms. The van der Waals surface area contributed by atoms with Gasteiger partial charge in [0.05, 0.1) is 12.4 Å². The molecule has 0 fully saturated rings. The van der Waals surface area contributed by atoms with Crippen LogP contribution in [0.4, 0.5) is 0 Å². The number of nitrogens with zero attached hydrogens (tertiary/aromatic N) is 2. The van der Waals surface area contributed by atoms with Crippen molar-refractivity contribution in [3.8, 4) is 5.75 Å². The molecule has 0 aliphatic carbocycles. The minimum absolute atomic E-state index is 0.848. The van der Waals surface area contributed by atoms with Gasteiger partial charge in [0.1, 0.15) is 0 Å². The number of hydrogen-bond donors (Lipinski definition) is 0. The average Bonchev–Trinajstić information content (AvgIpc) is 2.60. The first kappa shape index (κ1) is 17.5. The summed E-state index contributed by atoms with van der Waals surface area (Å²) in [5.74, 6) is 0.848. The standard InChI is InChI=1S/C20H29N2O/c1-2-3-4-5-6-7-8-9-10-19-11-13-20(14-12-19)23-22-17-15-21-16-18-22/h11-18H,2-10H2,1H3/q+1. The van der Waals surface area contributed by atoms with E-state index in [0.29, 0.717) is 0 Å². The topological polar surface area (TPSA) is 26.0 Å². The van der Waals surface area contributed by atoms with Gasteiger partial charge in [0.15, 0.2) is 0 Å². The molecule has 1 aromatic heterocycles. The van der Waals surface area contributed by atoms with E-state index in [1.165, 1.54) is 56.9 Å². The summed E-state index contributed by atoms with van der Waals surface area (Å²) >= 11 is 0. The highest BCUT2D eigenvalue weighted by Gasteiger charge is 2.03. The van der Waals surface area contributed by atoms with E-state index in [1.807, 2.05) is 12.1 Å². The summed E-state index contributed by atoms with van der Waals surface area (Å²) < 4.78 is 1.65. The maximum absolute atomic E-state index is 5.70. The van der Waals surface area contributed by atoms with Crippen molar-refractivity contribution in [3.63, 3.8) is 0 Å². The van der Waals surface area contributed by atoms with E-state index >= 15 is 0 Å². The molecule has 2 aromatic rings. The minimum atomic E-state index is 0.848. The molecule has 1 heterocycles. The maximum Gasteiger partial charge on any atom is 0.241 e. The fourth-order valence-corrected chi connectivity index (χ4v) is 2.67. The Bertz CT molecular complexity index is 525. The summed E-state index contributed by atoms with van der Waals surface area (Å²) in [6.07, 6.45) is 19.1. The minimum Gasteiger partial charge on any atom is -0.252 e. The first-order valence-corrected chi connectivity index (χ1v) is 8.97. The zero-order valence-electron chi connectivity index (χ0n) is 14.3. The highest BCUT2D eigenvalue weighted by atomic mass is 16.7. The fourth-order valence-electron chi connectivity index (χ4n) is 2.67. The maximum atomic E-state index is 5.70. The van der Waals surface area contributed by atoms with Crippen LogP contribution in [0, 0.1) is 0 Å². The second-order valence-electron chi connectivity index (χ2n) is 6.07. The quantitative estimate of drug-likeness (QED) is 0.436. The van der Waals surface area contributed by atoms with Gasteiger partial charge in [-0.2, -0.15) is 0 Å².